The third-order valence-electron chi connectivity index (χ3n) is 5.62. The molecule has 0 aliphatic heterocycles. The summed E-state index contributed by atoms with van der Waals surface area (Å²) in [6.45, 7) is 9.72. The van der Waals surface area contributed by atoms with Crippen molar-refractivity contribution in [3.8, 4) is 16.3 Å². The van der Waals surface area contributed by atoms with Gasteiger partial charge in [-0.15, -0.1) is 11.3 Å². The van der Waals surface area contributed by atoms with Crippen molar-refractivity contribution in [1.82, 2.24) is 4.98 Å². The number of hydrogen-bond donors (Lipinski definition) is 0. The number of rotatable bonds is 10. The molecule has 4 nitrogen and oxygen atoms in total. The first-order valence-corrected chi connectivity index (χ1v) is 12.5. The Hall–Kier alpha value is -2.79. The second kappa shape index (κ2) is 11.4. The fourth-order valence-corrected chi connectivity index (χ4v) is 5.00. The Balaban J connectivity index is 1.73. The molecule has 1 heterocycles. The Morgan fingerprint density at radius 2 is 1.79 bits per heavy atom. The molecule has 174 valence electrons. The molecule has 0 amide bonds. The second-order valence-electron chi connectivity index (χ2n) is 8.78. The fourth-order valence-electron chi connectivity index (χ4n) is 3.78. The molecule has 0 saturated heterocycles. The van der Waals surface area contributed by atoms with Gasteiger partial charge < -0.3 is 4.74 Å². The smallest absolute Gasteiger partial charge is 0.308 e. The van der Waals surface area contributed by atoms with E-state index in [0.29, 0.717) is 30.1 Å². The van der Waals surface area contributed by atoms with E-state index in [0.717, 1.165) is 28.2 Å². The molecule has 3 aromatic rings. The minimum Gasteiger partial charge on any atom is -0.426 e. The van der Waals surface area contributed by atoms with Gasteiger partial charge in [-0.3, -0.25) is 9.59 Å². The molecule has 0 aliphatic rings. The number of esters is 1. The topological polar surface area (TPSA) is 56.3 Å². The summed E-state index contributed by atoms with van der Waals surface area (Å²) in [7, 11) is 0. The van der Waals surface area contributed by atoms with Crippen molar-refractivity contribution >= 4 is 23.1 Å². The van der Waals surface area contributed by atoms with Crippen molar-refractivity contribution in [2.75, 3.05) is 0 Å². The number of aryl methyl sites for hydroxylation is 3. The van der Waals surface area contributed by atoms with Crippen molar-refractivity contribution in [2.24, 2.45) is 0 Å². The van der Waals surface area contributed by atoms with Gasteiger partial charge in [0.05, 0.1) is 5.69 Å². The summed E-state index contributed by atoms with van der Waals surface area (Å²) < 4.78 is 5.17. The minimum atomic E-state index is -0.366. The molecule has 0 saturated carbocycles. The Morgan fingerprint density at radius 3 is 2.39 bits per heavy atom. The summed E-state index contributed by atoms with van der Waals surface area (Å²) in [5.74, 6) is 0.510. The predicted octanol–water partition coefficient (Wildman–Crippen LogP) is 7.33. The van der Waals surface area contributed by atoms with E-state index in [9.17, 15) is 9.59 Å². The van der Waals surface area contributed by atoms with Gasteiger partial charge in [-0.2, -0.15) is 0 Å². The molecule has 0 atom stereocenters. The monoisotopic (exact) mass is 463 g/mol. The van der Waals surface area contributed by atoms with E-state index in [1.54, 1.807) is 29.5 Å². The van der Waals surface area contributed by atoms with Crippen molar-refractivity contribution in [2.45, 2.75) is 72.6 Å². The van der Waals surface area contributed by atoms with E-state index >= 15 is 0 Å². The van der Waals surface area contributed by atoms with Crippen LogP contribution in [0.1, 0.15) is 84.9 Å². The van der Waals surface area contributed by atoms with Crippen LogP contribution in [0.4, 0.5) is 0 Å². The molecule has 0 bridgehead atoms. The van der Waals surface area contributed by atoms with Crippen LogP contribution in [0, 0.1) is 6.92 Å². The van der Waals surface area contributed by atoms with Crippen molar-refractivity contribution in [3.05, 3.63) is 69.7 Å². The first-order chi connectivity index (χ1) is 15.8. The van der Waals surface area contributed by atoms with Crippen LogP contribution in [0.25, 0.3) is 10.6 Å². The largest absolute Gasteiger partial charge is 0.426 e. The van der Waals surface area contributed by atoms with E-state index in [-0.39, 0.29) is 11.8 Å². The lowest BCUT2D eigenvalue weighted by Crippen LogP contribution is -2.05. The number of thiazole rings is 1. The first kappa shape index (κ1) is 24.8. The number of aromatic nitrogens is 1. The number of ketones is 1. The summed E-state index contributed by atoms with van der Waals surface area (Å²) in [6, 6.07) is 13.9. The Kier molecular flexibility index (Phi) is 8.56. The maximum Gasteiger partial charge on any atom is 0.308 e. The Labute approximate surface area is 201 Å². The lowest BCUT2D eigenvalue weighted by Gasteiger charge is -2.08. The highest BCUT2D eigenvalue weighted by molar-refractivity contribution is 7.15. The van der Waals surface area contributed by atoms with Gasteiger partial charge in [-0.25, -0.2) is 4.98 Å². The number of carbonyl (C=O) groups is 2. The van der Waals surface area contributed by atoms with Crippen LogP contribution in [0.2, 0.25) is 0 Å². The molecule has 0 radical (unpaired) electrons. The highest BCUT2D eigenvalue weighted by atomic mass is 32.1. The SMILES string of the molecule is CCCCc1ccc(-c2nc(C(C)C)c(CCC(=O)c3ccc(OC(C)=O)c(C)c3)s2)cc1. The number of unbranched alkanes of at least 4 members (excludes halogenated alkanes) is 1. The van der Waals surface area contributed by atoms with Crippen molar-refractivity contribution < 1.29 is 14.3 Å². The van der Waals surface area contributed by atoms with Crippen LogP contribution >= 0.6 is 11.3 Å². The standard InChI is InChI=1S/C28H33NO3S/c1-6-7-8-21-9-11-22(12-10-21)28-29-27(18(2)3)26(33-28)16-14-24(31)23-13-15-25(19(4)17-23)32-20(5)30/h9-13,15,17-18H,6-8,14,16H2,1-5H3. The molecular formula is C28H33NO3S. The first-order valence-electron chi connectivity index (χ1n) is 11.7. The molecular weight excluding hydrogens is 430 g/mol. The quantitative estimate of drug-likeness (QED) is 0.179. The molecule has 0 aliphatic carbocycles. The van der Waals surface area contributed by atoms with E-state index in [1.807, 2.05) is 6.92 Å². The Morgan fingerprint density at radius 1 is 1.06 bits per heavy atom. The van der Waals surface area contributed by atoms with Gasteiger partial charge in [0.1, 0.15) is 10.8 Å². The lowest BCUT2D eigenvalue weighted by atomic mass is 10.0. The average molecular weight is 464 g/mol. The van der Waals surface area contributed by atoms with Gasteiger partial charge in [0.2, 0.25) is 0 Å². The number of Topliss-reactive ketones (excluding diaryl/α,β-unsaturated/α-hetero) is 1. The van der Waals surface area contributed by atoms with Gasteiger partial charge in [0, 0.05) is 29.3 Å². The summed E-state index contributed by atoms with van der Waals surface area (Å²) in [6.07, 6.45) is 4.61. The normalized spacial score (nSPS) is 11.1. The highest BCUT2D eigenvalue weighted by Crippen LogP contribution is 2.33. The molecule has 5 heteroatoms. The maximum atomic E-state index is 12.9. The van der Waals surface area contributed by atoms with E-state index in [2.05, 4.69) is 45.0 Å². The van der Waals surface area contributed by atoms with Gasteiger partial charge in [0.15, 0.2) is 5.78 Å². The van der Waals surface area contributed by atoms with Crippen LogP contribution in [-0.4, -0.2) is 16.7 Å². The lowest BCUT2D eigenvalue weighted by molar-refractivity contribution is -0.131. The maximum absolute atomic E-state index is 12.9. The summed E-state index contributed by atoms with van der Waals surface area (Å²) >= 11 is 1.69. The van der Waals surface area contributed by atoms with E-state index < -0.39 is 0 Å². The van der Waals surface area contributed by atoms with E-state index in [4.69, 9.17) is 9.72 Å². The summed E-state index contributed by atoms with van der Waals surface area (Å²) in [5, 5.41) is 1.02. The predicted molar refractivity (Wildman–Crippen MR) is 135 cm³/mol. The van der Waals surface area contributed by atoms with Crippen molar-refractivity contribution in [1.29, 1.82) is 0 Å². The van der Waals surface area contributed by atoms with Crippen LogP contribution < -0.4 is 4.74 Å². The van der Waals surface area contributed by atoms with Crippen LogP contribution in [-0.2, 0) is 17.6 Å². The molecule has 2 aromatic carbocycles. The zero-order chi connectivity index (χ0) is 24.0. The summed E-state index contributed by atoms with van der Waals surface area (Å²) in [5.41, 5.74) is 5.00. The number of ether oxygens (including phenoxy) is 1. The molecule has 0 spiro atoms. The van der Waals surface area contributed by atoms with Gasteiger partial charge in [-0.1, -0.05) is 51.5 Å². The molecule has 0 unspecified atom stereocenters. The third-order valence-corrected chi connectivity index (χ3v) is 6.80. The highest BCUT2D eigenvalue weighted by Gasteiger charge is 2.17. The van der Waals surface area contributed by atoms with Gasteiger partial charge in [0.25, 0.3) is 0 Å². The third kappa shape index (κ3) is 6.61. The zero-order valence-electron chi connectivity index (χ0n) is 20.2. The second-order valence-corrected chi connectivity index (χ2v) is 9.86. The molecule has 0 N–H and O–H groups in total. The van der Waals surface area contributed by atoms with Crippen LogP contribution in [0.3, 0.4) is 0 Å². The fraction of sp³-hybridized carbons (Fsp3) is 0.393. The summed E-state index contributed by atoms with van der Waals surface area (Å²) in [4.78, 5) is 30.2. The zero-order valence-corrected chi connectivity index (χ0v) is 21.1. The molecule has 3 rings (SSSR count). The average Bonchev–Trinajstić information content (AvgIpc) is 3.22. The minimum absolute atomic E-state index is 0.0809. The molecule has 33 heavy (non-hydrogen) atoms. The van der Waals surface area contributed by atoms with Crippen LogP contribution in [0.15, 0.2) is 42.5 Å². The number of nitrogens with zero attached hydrogens (tertiary/aromatic N) is 1. The van der Waals surface area contributed by atoms with Crippen molar-refractivity contribution in [3.63, 3.8) is 0 Å². The van der Waals surface area contributed by atoms with Crippen LogP contribution in [0.5, 0.6) is 5.75 Å². The number of hydrogen-bond acceptors (Lipinski definition) is 5. The molecule has 1 aromatic heterocycles. The van der Waals surface area contributed by atoms with E-state index in [1.165, 1.54) is 30.2 Å². The molecule has 0 fully saturated rings. The van der Waals surface area contributed by atoms with Gasteiger partial charge in [-0.05, 0) is 61.4 Å². The number of benzene rings is 2. The Bertz CT molecular complexity index is 1110. The van der Waals surface area contributed by atoms with Gasteiger partial charge >= 0.3 is 5.97 Å². The number of carbonyl (C=O) groups excluding carboxylic acids is 2.